The fourth-order valence-corrected chi connectivity index (χ4v) is 2.26. The van der Waals surface area contributed by atoms with Gasteiger partial charge in [-0.25, -0.2) is 4.79 Å². The van der Waals surface area contributed by atoms with Crippen molar-refractivity contribution in [1.82, 2.24) is 4.57 Å². The third kappa shape index (κ3) is 3.52. The Hall–Kier alpha value is -3.21. The van der Waals surface area contributed by atoms with Crippen molar-refractivity contribution in [2.24, 2.45) is 0 Å². The number of benzene rings is 2. The number of aromatic nitrogens is 1. The summed E-state index contributed by atoms with van der Waals surface area (Å²) in [6, 6.07) is 16.0. The molecule has 0 aliphatic rings. The number of urea groups is 1. The van der Waals surface area contributed by atoms with E-state index in [1.165, 1.54) is 0 Å². The quantitative estimate of drug-likeness (QED) is 0.637. The van der Waals surface area contributed by atoms with Gasteiger partial charge in [0.2, 0.25) is 0 Å². The highest BCUT2D eigenvalue weighted by atomic mass is 16.3. The van der Waals surface area contributed by atoms with E-state index in [2.05, 4.69) is 10.6 Å². The smallest absolute Gasteiger partial charge is 0.323 e. The maximum Gasteiger partial charge on any atom is 0.323 e. The van der Waals surface area contributed by atoms with Gasteiger partial charge in [0.15, 0.2) is 0 Å². The van der Waals surface area contributed by atoms with E-state index in [1.807, 2.05) is 60.3 Å². The van der Waals surface area contributed by atoms with Gasteiger partial charge in [-0.15, -0.1) is 0 Å². The van der Waals surface area contributed by atoms with Gasteiger partial charge >= 0.3 is 6.03 Å². The second-order valence-electron chi connectivity index (χ2n) is 5.24. The number of rotatable bonds is 3. The second-order valence-corrected chi connectivity index (χ2v) is 5.24. The van der Waals surface area contributed by atoms with E-state index < -0.39 is 6.03 Å². The first-order valence-corrected chi connectivity index (χ1v) is 7.23. The summed E-state index contributed by atoms with van der Waals surface area (Å²) in [6.07, 6.45) is 3.91. The van der Waals surface area contributed by atoms with Gasteiger partial charge in [0.05, 0.1) is 5.69 Å². The Bertz CT molecular complexity index is 809. The predicted molar refractivity (Wildman–Crippen MR) is 91.3 cm³/mol. The summed E-state index contributed by atoms with van der Waals surface area (Å²) in [6.45, 7) is 1.89. The monoisotopic (exact) mass is 307 g/mol. The van der Waals surface area contributed by atoms with Crippen molar-refractivity contribution >= 4 is 17.4 Å². The fourth-order valence-electron chi connectivity index (χ4n) is 2.26. The van der Waals surface area contributed by atoms with E-state index >= 15 is 0 Å². The van der Waals surface area contributed by atoms with E-state index in [0.717, 1.165) is 11.3 Å². The number of carbonyl (C=O) groups is 1. The van der Waals surface area contributed by atoms with Crippen LogP contribution < -0.4 is 10.6 Å². The van der Waals surface area contributed by atoms with E-state index in [-0.39, 0.29) is 5.75 Å². The molecular formula is C18H17N3O2. The average molecular weight is 307 g/mol. The van der Waals surface area contributed by atoms with Crippen LogP contribution in [0.5, 0.6) is 5.75 Å². The normalized spacial score (nSPS) is 10.3. The van der Waals surface area contributed by atoms with Crippen molar-refractivity contribution in [2.45, 2.75) is 6.92 Å². The highest BCUT2D eigenvalue weighted by Gasteiger charge is 2.07. The molecule has 0 saturated carbocycles. The fraction of sp³-hybridized carbons (Fsp3) is 0.0556. The van der Waals surface area contributed by atoms with Crippen molar-refractivity contribution in [1.29, 1.82) is 0 Å². The van der Waals surface area contributed by atoms with Crippen LogP contribution in [-0.4, -0.2) is 15.7 Å². The molecule has 116 valence electrons. The molecule has 0 atom stereocenters. The third-order valence-corrected chi connectivity index (χ3v) is 3.43. The van der Waals surface area contributed by atoms with Crippen molar-refractivity contribution in [2.75, 3.05) is 10.6 Å². The third-order valence-electron chi connectivity index (χ3n) is 3.43. The lowest BCUT2D eigenvalue weighted by atomic mass is 10.2. The molecule has 5 heteroatoms. The first-order valence-electron chi connectivity index (χ1n) is 7.23. The summed E-state index contributed by atoms with van der Waals surface area (Å²) in [5.74, 6) is 0.0358. The van der Waals surface area contributed by atoms with Crippen molar-refractivity contribution < 1.29 is 9.90 Å². The van der Waals surface area contributed by atoms with Gasteiger partial charge in [-0.3, -0.25) is 0 Å². The van der Waals surface area contributed by atoms with Crippen molar-refractivity contribution in [3.63, 3.8) is 0 Å². The second kappa shape index (κ2) is 6.27. The number of aromatic hydroxyl groups is 1. The van der Waals surface area contributed by atoms with Crippen LogP contribution in [0.4, 0.5) is 16.2 Å². The van der Waals surface area contributed by atoms with Crippen LogP contribution in [0.15, 0.2) is 67.0 Å². The number of anilines is 2. The largest absolute Gasteiger partial charge is 0.506 e. The summed E-state index contributed by atoms with van der Waals surface area (Å²) in [5.41, 5.74) is 3.02. The molecule has 0 bridgehead atoms. The number of hydrogen-bond donors (Lipinski definition) is 3. The average Bonchev–Trinajstić information content (AvgIpc) is 3.06. The van der Waals surface area contributed by atoms with E-state index in [0.29, 0.717) is 11.4 Å². The molecular weight excluding hydrogens is 290 g/mol. The van der Waals surface area contributed by atoms with Crippen LogP contribution in [-0.2, 0) is 0 Å². The molecule has 0 unspecified atom stereocenters. The Kier molecular flexibility index (Phi) is 4.01. The lowest BCUT2D eigenvalue weighted by Crippen LogP contribution is -2.19. The zero-order valence-corrected chi connectivity index (χ0v) is 12.7. The lowest BCUT2D eigenvalue weighted by Gasteiger charge is -2.10. The molecule has 0 aliphatic heterocycles. The van der Waals surface area contributed by atoms with E-state index in [9.17, 15) is 9.90 Å². The molecule has 5 nitrogen and oxygen atoms in total. The first kappa shape index (κ1) is 14.7. The summed E-state index contributed by atoms with van der Waals surface area (Å²) in [4.78, 5) is 12.0. The van der Waals surface area contributed by atoms with Gasteiger partial charge in [0.1, 0.15) is 5.75 Å². The molecule has 1 heterocycles. The molecule has 0 saturated heterocycles. The number of aryl methyl sites for hydroxylation is 1. The number of carbonyl (C=O) groups excluding carboxylic acids is 1. The van der Waals surface area contributed by atoms with Crippen molar-refractivity contribution in [3.8, 4) is 11.4 Å². The Morgan fingerprint density at radius 3 is 2.39 bits per heavy atom. The van der Waals surface area contributed by atoms with Crippen LogP contribution in [0.1, 0.15) is 5.56 Å². The Morgan fingerprint density at radius 1 is 1.00 bits per heavy atom. The molecule has 1 aromatic heterocycles. The van der Waals surface area contributed by atoms with Gasteiger partial charge in [-0.1, -0.05) is 6.07 Å². The summed E-state index contributed by atoms with van der Waals surface area (Å²) >= 11 is 0. The number of hydrogen-bond acceptors (Lipinski definition) is 2. The molecule has 0 aliphatic carbocycles. The van der Waals surface area contributed by atoms with Crippen LogP contribution in [0.3, 0.4) is 0 Å². The highest BCUT2D eigenvalue weighted by Crippen LogP contribution is 2.24. The zero-order chi connectivity index (χ0) is 16.2. The number of amides is 2. The number of nitrogens with zero attached hydrogens (tertiary/aromatic N) is 1. The van der Waals surface area contributed by atoms with Gasteiger partial charge in [-0.2, -0.15) is 0 Å². The van der Waals surface area contributed by atoms with E-state index in [1.54, 1.807) is 18.2 Å². The van der Waals surface area contributed by atoms with Crippen LogP contribution in [0.25, 0.3) is 5.69 Å². The summed E-state index contributed by atoms with van der Waals surface area (Å²) in [7, 11) is 0. The first-order chi connectivity index (χ1) is 11.1. The number of phenols is 1. The van der Waals surface area contributed by atoms with Gasteiger partial charge < -0.3 is 20.3 Å². The Balaban J connectivity index is 1.67. The molecule has 23 heavy (non-hydrogen) atoms. The number of phenolic OH excluding ortho intramolecular Hbond substituents is 1. The standard InChI is InChI=1S/C18H17N3O2/c1-13-4-9-17(22)16(12-13)20-18(23)19-14-5-7-15(8-6-14)21-10-2-3-11-21/h2-12,22H,1H3,(H2,19,20,23). The summed E-state index contributed by atoms with van der Waals surface area (Å²) < 4.78 is 1.98. The zero-order valence-electron chi connectivity index (χ0n) is 12.7. The molecule has 2 aromatic carbocycles. The Morgan fingerprint density at radius 2 is 1.70 bits per heavy atom. The van der Waals surface area contributed by atoms with Gasteiger partial charge in [-0.05, 0) is 61.0 Å². The lowest BCUT2D eigenvalue weighted by molar-refractivity contribution is 0.262. The predicted octanol–water partition coefficient (Wildman–Crippen LogP) is 4.14. The van der Waals surface area contributed by atoms with Gasteiger partial charge in [0, 0.05) is 23.8 Å². The van der Waals surface area contributed by atoms with Crippen LogP contribution in [0, 0.1) is 6.92 Å². The minimum Gasteiger partial charge on any atom is -0.506 e. The maximum absolute atomic E-state index is 12.0. The molecule has 3 N–H and O–H groups in total. The van der Waals surface area contributed by atoms with E-state index in [4.69, 9.17) is 0 Å². The van der Waals surface area contributed by atoms with Crippen LogP contribution >= 0.6 is 0 Å². The molecule has 0 spiro atoms. The maximum atomic E-state index is 12.0. The van der Waals surface area contributed by atoms with Crippen LogP contribution in [0.2, 0.25) is 0 Å². The number of nitrogens with one attached hydrogen (secondary N) is 2. The Labute approximate surface area is 134 Å². The van der Waals surface area contributed by atoms with Gasteiger partial charge in [0.25, 0.3) is 0 Å². The summed E-state index contributed by atoms with van der Waals surface area (Å²) in [5, 5.41) is 15.1. The minimum atomic E-state index is -0.403. The molecule has 0 fully saturated rings. The topological polar surface area (TPSA) is 66.3 Å². The minimum absolute atomic E-state index is 0.0358. The molecule has 3 rings (SSSR count). The molecule has 0 radical (unpaired) electrons. The highest BCUT2D eigenvalue weighted by molar-refractivity contribution is 6.00. The SMILES string of the molecule is Cc1ccc(O)c(NC(=O)Nc2ccc(-n3cccc3)cc2)c1. The van der Waals surface area contributed by atoms with Crippen molar-refractivity contribution in [3.05, 3.63) is 72.6 Å². The molecule has 2 amide bonds. The molecule has 3 aromatic rings.